The second kappa shape index (κ2) is 6.29. The van der Waals surface area contributed by atoms with Crippen LogP contribution in [-0.4, -0.2) is 32.3 Å². The first-order chi connectivity index (χ1) is 9.77. The fraction of sp³-hybridized carbons (Fsp3) is 0.538. The molecule has 1 aliphatic heterocycles. The predicted octanol–water partition coefficient (Wildman–Crippen LogP) is 1.93. The summed E-state index contributed by atoms with van der Waals surface area (Å²) in [7, 11) is -4.02. The molecule has 2 rings (SSSR count). The maximum atomic E-state index is 14.1. The third-order valence-electron chi connectivity index (χ3n) is 3.48. The van der Waals surface area contributed by atoms with E-state index in [9.17, 15) is 12.8 Å². The summed E-state index contributed by atoms with van der Waals surface area (Å²) in [6.45, 7) is 1.92. The summed E-state index contributed by atoms with van der Waals surface area (Å²) < 4.78 is 46.9. The van der Waals surface area contributed by atoms with Crippen molar-refractivity contribution >= 4 is 26.0 Å². The minimum atomic E-state index is -4.02. The van der Waals surface area contributed by atoms with Crippen LogP contribution >= 0.6 is 15.9 Å². The van der Waals surface area contributed by atoms with Crippen molar-refractivity contribution in [2.75, 3.05) is 13.2 Å². The van der Waals surface area contributed by atoms with Crippen molar-refractivity contribution in [2.24, 2.45) is 0 Å². The van der Waals surface area contributed by atoms with Crippen LogP contribution in [0.2, 0.25) is 0 Å². The lowest BCUT2D eigenvalue weighted by molar-refractivity contribution is 0.0250. The zero-order valence-corrected chi connectivity index (χ0v) is 13.9. The lowest BCUT2D eigenvalue weighted by Gasteiger charge is -2.23. The van der Waals surface area contributed by atoms with Crippen molar-refractivity contribution in [1.82, 2.24) is 4.72 Å². The van der Waals surface area contributed by atoms with Crippen LogP contribution in [-0.2, 0) is 21.4 Å². The smallest absolute Gasteiger partial charge is 0.243 e. The van der Waals surface area contributed by atoms with Gasteiger partial charge in [0.05, 0.1) is 12.2 Å². The van der Waals surface area contributed by atoms with Gasteiger partial charge in [-0.3, -0.25) is 0 Å². The fourth-order valence-electron chi connectivity index (χ4n) is 2.23. The first-order valence-electron chi connectivity index (χ1n) is 6.50. The van der Waals surface area contributed by atoms with E-state index in [4.69, 9.17) is 9.84 Å². The molecule has 2 N–H and O–H groups in total. The molecule has 5 nitrogen and oxygen atoms in total. The molecule has 1 unspecified atom stereocenters. The third-order valence-corrected chi connectivity index (χ3v) is 5.33. The van der Waals surface area contributed by atoms with Gasteiger partial charge in [0, 0.05) is 23.2 Å². The molecule has 1 saturated heterocycles. The molecule has 21 heavy (non-hydrogen) atoms. The Bertz CT molecular complexity index is 629. The van der Waals surface area contributed by atoms with Crippen LogP contribution in [0, 0.1) is 5.82 Å². The Labute approximate surface area is 131 Å². The number of hydrogen-bond acceptors (Lipinski definition) is 4. The monoisotopic (exact) mass is 381 g/mol. The number of halogens is 2. The topological polar surface area (TPSA) is 75.6 Å². The van der Waals surface area contributed by atoms with Gasteiger partial charge in [-0.1, -0.05) is 15.9 Å². The average molecular weight is 382 g/mol. The van der Waals surface area contributed by atoms with E-state index < -0.39 is 32.9 Å². The Morgan fingerprint density at radius 3 is 2.81 bits per heavy atom. The predicted molar refractivity (Wildman–Crippen MR) is 78.8 cm³/mol. The fourth-order valence-corrected chi connectivity index (χ4v) is 4.19. The van der Waals surface area contributed by atoms with E-state index in [1.54, 1.807) is 0 Å². The Morgan fingerprint density at radius 2 is 2.24 bits per heavy atom. The molecule has 1 aliphatic rings. The van der Waals surface area contributed by atoms with Crippen molar-refractivity contribution in [1.29, 1.82) is 0 Å². The van der Waals surface area contributed by atoms with Crippen LogP contribution in [0.3, 0.4) is 0 Å². The minimum absolute atomic E-state index is 0.0759. The average Bonchev–Trinajstić information content (AvgIpc) is 2.86. The highest BCUT2D eigenvalue weighted by Crippen LogP contribution is 2.27. The number of nitrogens with one attached hydrogen (secondary N) is 1. The minimum Gasteiger partial charge on any atom is -0.392 e. The van der Waals surface area contributed by atoms with Gasteiger partial charge >= 0.3 is 0 Å². The number of sulfonamides is 1. The van der Waals surface area contributed by atoms with E-state index in [-0.39, 0.29) is 12.1 Å². The normalized spacial score (nSPS) is 22.7. The van der Waals surface area contributed by atoms with Gasteiger partial charge in [0.2, 0.25) is 10.0 Å². The molecule has 0 saturated carbocycles. The molecule has 1 heterocycles. The quantitative estimate of drug-likeness (QED) is 0.816. The Kier molecular flexibility index (Phi) is 5.04. The van der Waals surface area contributed by atoms with E-state index in [0.717, 1.165) is 12.8 Å². The summed E-state index contributed by atoms with van der Waals surface area (Å²) in [6.07, 6.45) is 1.62. The van der Waals surface area contributed by atoms with Gasteiger partial charge in [-0.25, -0.2) is 17.5 Å². The van der Waals surface area contributed by atoms with E-state index >= 15 is 0 Å². The molecule has 0 aliphatic carbocycles. The number of hydrogen-bond donors (Lipinski definition) is 2. The van der Waals surface area contributed by atoms with Gasteiger partial charge in [-0.05, 0) is 31.9 Å². The van der Waals surface area contributed by atoms with Gasteiger partial charge in [0.15, 0.2) is 0 Å². The van der Waals surface area contributed by atoms with Crippen LogP contribution < -0.4 is 4.72 Å². The summed E-state index contributed by atoms with van der Waals surface area (Å²) >= 11 is 3.11. The highest BCUT2D eigenvalue weighted by molar-refractivity contribution is 9.10. The number of ether oxygens (including phenoxy) is 1. The maximum absolute atomic E-state index is 14.1. The Morgan fingerprint density at radius 1 is 1.52 bits per heavy atom. The third kappa shape index (κ3) is 3.81. The van der Waals surface area contributed by atoms with Crippen LogP contribution in [0.4, 0.5) is 4.39 Å². The Hall–Kier alpha value is -0.540. The van der Waals surface area contributed by atoms with E-state index in [0.29, 0.717) is 11.1 Å². The molecular formula is C13H17BrFNO4S. The first-order valence-corrected chi connectivity index (χ1v) is 8.77. The largest absolute Gasteiger partial charge is 0.392 e. The zero-order chi connectivity index (χ0) is 15.7. The summed E-state index contributed by atoms with van der Waals surface area (Å²) in [6, 6.07) is 2.52. The van der Waals surface area contributed by atoms with Crippen LogP contribution in [0.15, 0.2) is 21.5 Å². The SMILES string of the molecule is CC1(CNS(=O)(=O)c2cc(Br)cc(CO)c2F)CCCO1. The van der Waals surface area contributed by atoms with Crippen molar-refractivity contribution in [2.45, 2.75) is 36.9 Å². The van der Waals surface area contributed by atoms with Crippen LogP contribution in [0.25, 0.3) is 0 Å². The molecule has 0 aromatic heterocycles. The molecule has 118 valence electrons. The Balaban J connectivity index is 2.25. The number of benzene rings is 1. The van der Waals surface area contributed by atoms with Crippen molar-refractivity contribution in [3.8, 4) is 0 Å². The van der Waals surface area contributed by atoms with Crippen LogP contribution in [0.1, 0.15) is 25.3 Å². The van der Waals surface area contributed by atoms with E-state index in [1.165, 1.54) is 12.1 Å². The van der Waals surface area contributed by atoms with Crippen molar-refractivity contribution in [3.63, 3.8) is 0 Å². The summed E-state index contributed by atoms with van der Waals surface area (Å²) in [5, 5.41) is 9.08. The summed E-state index contributed by atoms with van der Waals surface area (Å²) in [5.41, 5.74) is -0.636. The van der Waals surface area contributed by atoms with Gasteiger partial charge < -0.3 is 9.84 Å². The van der Waals surface area contributed by atoms with Gasteiger partial charge in [0.1, 0.15) is 10.7 Å². The lowest BCUT2D eigenvalue weighted by Crippen LogP contribution is -2.40. The maximum Gasteiger partial charge on any atom is 0.243 e. The first kappa shape index (κ1) is 16.8. The van der Waals surface area contributed by atoms with Gasteiger partial charge in [-0.2, -0.15) is 0 Å². The van der Waals surface area contributed by atoms with Crippen LogP contribution in [0.5, 0.6) is 0 Å². The second-order valence-corrected chi connectivity index (χ2v) is 7.91. The molecule has 0 spiro atoms. The molecule has 0 amide bonds. The summed E-state index contributed by atoms with van der Waals surface area (Å²) in [4.78, 5) is -0.484. The standard InChI is InChI=1S/C13H17BrFNO4S/c1-13(3-2-4-20-13)8-16-21(18,19)11-6-10(14)5-9(7-17)12(11)15/h5-6,16-17H,2-4,7-8H2,1H3. The number of aliphatic hydroxyl groups is 1. The molecule has 0 radical (unpaired) electrons. The highest BCUT2D eigenvalue weighted by atomic mass is 79.9. The van der Waals surface area contributed by atoms with Crippen molar-refractivity contribution in [3.05, 3.63) is 28.0 Å². The molecule has 1 atom stereocenters. The van der Waals surface area contributed by atoms with Gasteiger partial charge in [0.25, 0.3) is 0 Å². The van der Waals surface area contributed by atoms with Gasteiger partial charge in [-0.15, -0.1) is 0 Å². The molecule has 8 heteroatoms. The van der Waals surface area contributed by atoms with Crippen molar-refractivity contribution < 1.29 is 22.7 Å². The molecule has 1 aromatic carbocycles. The van der Waals surface area contributed by atoms with E-state index in [1.807, 2.05) is 6.92 Å². The zero-order valence-electron chi connectivity index (χ0n) is 11.5. The second-order valence-electron chi connectivity index (χ2n) is 5.26. The molecule has 1 aromatic rings. The summed E-state index contributed by atoms with van der Waals surface area (Å²) in [5.74, 6) is -0.939. The molecular weight excluding hydrogens is 365 g/mol. The van der Waals surface area contributed by atoms with E-state index in [2.05, 4.69) is 20.7 Å². The molecule has 0 bridgehead atoms. The molecule has 1 fully saturated rings. The number of rotatable bonds is 5. The number of aliphatic hydroxyl groups excluding tert-OH is 1. The lowest BCUT2D eigenvalue weighted by atomic mass is 10.0. The highest BCUT2D eigenvalue weighted by Gasteiger charge is 2.32.